The van der Waals surface area contributed by atoms with Crippen LogP contribution < -0.4 is 5.32 Å². The third-order valence-corrected chi connectivity index (χ3v) is 4.79. The molecule has 3 rings (SSSR count). The third-order valence-electron chi connectivity index (χ3n) is 4.35. The summed E-state index contributed by atoms with van der Waals surface area (Å²) in [5, 5.41) is 2.31. The average molecular weight is 342 g/mol. The van der Waals surface area contributed by atoms with Crippen LogP contribution in [0.2, 0.25) is 0 Å². The molecule has 1 unspecified atom stereocenters. The van der Waals surface area contributed by atoms with E-state index in [2.05, 4.69) is 50.4 Å². The smallest absolute Gasteiger partial charge is 0.189 e. The van der Waals surface area contributed by atoms with Gasteiger partial charge in [0.1, 0.15) is 0 Å². The van der Waals surface area contributed by atoms with Gasteiger partial charge in [0.2, 0.25) is 0 Å². The van der Waals surface area contributed by atoms with Crippen LogP contribution in [-0.4, -0.2) is 6.61 Å². The van der Waals surface area contributed by atoms with Crippen LogP contribution in [0.4, 0.5) is 5.69 Å². The summed E-state index contributed by atoms with van der Waals surface area (Å²) >= 11 is 6.71. The standard InChI is InChI=1S/C21H24ClNO/c1-20(2,3)17-10-8-16(9-11-17)12-15-24-21(22)13-14-23-19-7-5-4-6-18(19)21/h4-11,13-14,23H,12,15H2,1-3H3. The molecule has 0 radical (unpaired) electrons. The number of para-hydroxylation sites is 1. The largest absolute Gasteiger partial charge is 0.361 e. The Balaban J connectivity index is 1.64. The quantitative estimate of drug-likeness (QED) is 0.733. The zero-order valence-corrected chi connectivity index (χ0v) is 15.2. The van der Waals surface area contributed by atoms with E-state index in [9.17, 15) is 0 Å². The molecular formula is C21H24ClNO. The fourth-order valence-electron chi connectivity index (χ4n) is 2.85. The summed E-state index contributed by atoms with van der Waals surface area (Å²) in [4.78, 5) is 0. The number of hydrogen-bond donors (Lipinski definition) is 1. The van der Waals surface area contributed by atoms with Crippen LogP contribution in [0.3, 0.4) is 0 Å². The molecule has 0 saturated heterocycles. The lowest BCUT2D eigenvalue weighted by Gasteiger charge is -2.29. The number of alkyl halides is 1. The molecule has 1 atom stereocenters. The molecule has 126 valence electrons. The van der Waals surface area contributed by atoms with E-state index in [1.807, 2.05) is 36.5 Å². The fourth-order valence-corrected chi connectivity index (χ4v) is 3.15. The Morgan fingerprint density at radius 3 is 2.46 bits per heavy atom. The first-order valence-electron chi connectivity index (χ1n) is 8.34. The molecule has 1 heterocycles. The lowest BCUT2D eigenvalue weighted by atomic mass is 9.86. The number of hydrogen-bond acceptors (Lipinski definition) is 2. The highest BCUT2D eigenvalue weighted by Gasteiger charge is 2.32. The van der Waals surface area contributed by atoms with Gasteiger partial charge in [-0.1, -0.05) is 74.8 Å². The van der Waals surface area contributed by atoms with Crippen LogP contribution in [0, 0.1) is 0 Å². The van der Waals surface area contributed by atoms with Crippen molar-refractivity contribution in [1.82, 2.24) is 0 Å². The van der Waals surface area contributed by atoms with E-state index < -0.39 is 5.06 Å². The molecule has 3 heteroatoms. The van der Waals surface area contributed by atoms with Gasteiger partial charge in [-0.3, -0.25) is 0 Å². The fraction of sp³-hybridized carbons (Fsp3) is 0.333. The van der Waals surface area contributed by atoms with E-state index in [0.29, 0.717) is 6.61 Å². The molecule has 1 aliphatic heterocycles. The van der Waals surface area contributed by atoms with Crippen molar-refractivity contribution in [3.05, 3.63) is 77.5 Å². The van der Waals surface area contributed by atoms with Gasteiger partial charge in [-0.05, 0) is 35.1 Å². The summed E-state index contributed by atoms with van der Waals surface area (Å²) in [5.41, 5.74) is 4.73. The Kier molecular flexibility index (Phi) is 4.71. The first kappa shape index (κ1) is 17.1. The number of rotatable bonds is 4. The van der Waals surface area contributed by atoms with E-state index in [-0.39, 0.29) is 5.41 Å². The Morgan fingerprint density at radius 1 is 1.04 bits per heavy atom. The highest BCUT2D eigenvalue weighted by Crippen LogP contribution is 2.39. The van der Waals surface area contributed by atoms with E-state index in [0.717, 1.165) is 17.7 Å². The highest BCUT2D eigenvalue weighted by atomic mass is 35.5. The molecule has 0 aromatic heterocycles. The normalized spacial score (nSPS) is 19.7. The highest BCUT2D eigenvalue weighted by molar-refractivity contribution is 6.25. The molecular weight excluding hydrogens is 318 g/mol. The molecule has 0 amide bonds. The summed E-state index contributed by atoms with van der Waals surface area (Å²) in [6, 6.07) is 16.7. The van der Waals surface area contributed by atoms with Crippen LogP contribution in [0.5, 0.6) is 0 Å². The molecule has 0 spiro atoms. The number of anilines is 1. The van der Waals surface area contributed by atoms with Crippen LogP contribution in [0.1, 0.15) is 37.5 Å². The summed E-state index contributed by atoms with van der Waals surface area (Å²) in [6.07, 6.45) is 4.54. The van der Waals surface area contributed by atoms with Gasteiger partial charge in [0.15, 0.2) is 5.06 Å². The second-order valence-corrected chi connectivity index (χ2v) is 7.78. The zero-order valence-electron chi connectivity index (χ0n) is 14.5. The van der Waals surface area contributed by atoms with Crippen molar-refractivity contribution in [3.63, 3.8) is 0 Å². The van der Waals surface area contributed by atoms with Gasteiger partial charge >= 0.3 is 0 Å². The summed E-state index contributed by atoms with van der Waals surface area (Å²) in [6.45, 7) is 7.24. The first-order valence-corrected chi connectivity index (χ1v) is 8.72. The van der Waals surface area contributed by atoms with Gasteiger partial charge in [-0.15, -0.1) is 0 Å². The van der Waals surface area contributed by atoms with Crippen LogP contribution in [0.25, 0.3) is 0 Å². The second kappa shape index (κ2) is 6.62. The van der Waals surface area contributed by atoms with Crippen LogP contribution in [-0.2, 0) is 21.6 Å². The van der Waals surface area contributed by atoms with Crippen molar-refractivity contribution in [2.45, 2.75) is 37.7 Å². The summed E-state index contributed by atoms with van der Waals surface area (Å²) in [7, 11) is 0. The number of nitrogens with one attached hydrogen (secondary N) is 1. The van der Waals surface area contributed by atoms with Gasteiger partial charge in [0.25, 0.3) is 0 Å². The van der Waals surface area contributed by atoms with Gasteiger partial charge in [0.05, 0.1) is 6.61 Å². The molecule has 0 bridgehead atoms. The van der Waals surface area contributed by atoms with Gasteiger partial charge in [0, 0.05) is 17.5 Å². The maximum Gasteiger partial charge on any atom is 0.189 e. The van der Waals surface area contributed by atoms with E-state index in [1.165, 1.54) is 11.1 Å². The number of benzene rings is 2. The summed E-state index contributed by atoms with van der Waals surface area (Å²) < 4.78 is 6.04. The van der Waals surface area contributed by atoms with E-state index in [4.69, 9.17) is 16.3 Å². The predicted octanol–water partition coefficient (Wildman–Crippen LogP) is 5.57. The molecule has 0 fully saturated rings. The molecule has 2 nitrogen and oxygen atoms in total. The minimum atomic E-state index is -0.896. The molecule has 2 aromatic rings. The van der Waals surface area contributed by atoms with E-state index >= 15 is 0 Å². The van der Waals surface area contributed by atoms with Gasteiger partial charge < -0.3 is 10.1 Å². The topological polar surface area (TPSA) is 21.3 Å². The average Bonchev–Trinajstić information content (AvgIpc) is 2.55. The van der Waals surface area contributed by atoms with Crippen molar-refractivity contribution in [2.24, 2.45) is 0 Å². The molecule has 2 aromatic carbocycles. The van der Waals surface area contributed by atoms with Crippen molar-refractivity contribution < 1.29 is 4.74 Å². The molecule has 0 saturated carbocycles. The SMILES string of the molecule is CC(C)(C)c1ccc(CCOC2(Cl)C=CNc3ccccc32)cc1. The van der Waals surface area contributed by atoms with Crippen molar-refractivity contribution in [1.29, 1.82) is 0 Å². The number of ether oxygens (including phenoxy) is 1. The summed E-state index contributed by atoms with van der Waals surface area (Å²) in [5.74, 6) is 0. The first-order chi connectivity index (χ1) is 11.4. The van der Waals surface area contributed by atoms with Crippen LogP contribution in [0.15, 0.2) is 60.8 Å². The maximum absolute atomic E-state index is 6.71. The Morgan fingerprint density at radius 2 is 1.75 bits per heavy atom. The van der Waals surface area contributed by atoms with E-state index in [1.54, 1.807) is 0 Å². The van der Waals surface area contributed by atoms with Crippen LogP contribution >= 0.6 is 11.6 Å². The molecule has 1 aliphatic rings. The van der Waals surface area contributed by atoms with Gasteiger partial charge in [-0.25, -0.2) is 0 Å². The number of halogens is 1. The Hall–Kier alpha value is -1.77. The third kappa shape index (κ3) is 3.66. The second-order valence-electron chi connectivity index (χ2n) is 7.21. The molecule has 0 aliphatic carbocycles. The zero-order chi connectivity index (χ0) is 17.2. The lowest BCUT2D eigenvalue weighted by molar-refractivity contribution is 0.0535. The molecule has 24 heavy (non-hydrogen) atoms. The monoisotopic (exact) mass is 341 g/mol. The molecule has 1 N–H and O–H groups in total. The lowest BCUT2D eigenvalue weighted by Crippen LogP contribution is -2.25. The van der Waals surface area contributed by atoms with Gasteiger partial charge in [-0.2, -0.15) is 0 Å². The number of fused-ring (bicyclic) bond motifs is 1. The maximum atomic E-state index is 6.71. The van der Waals surface area contributed by atoms with Crippen molar-refractivity contribution >= 4 is 17.3 Å². The Labute approximate surface area is 149 Å². The minimum Gasteiger partial charge on any atom is -0.361 e. The van der Waals surface area contributed by atoms with Crippen molar-refractivity contribution in [2.75, 3.05) is 11.9 Å². The Bertz CT molecular complexity index is 730. The predicted molar refractivity (Wildman–Crippen MR) is 102 cm³/mol. The minimum absolute atomic E-state index is 0.179. The van der Waals surface area contributed by atoms with Crippen molar-refractivity contribution in [3.8, 4) is 0 Å².